The van der Waals surface area contributed by atoms with Gasteiger partial charge in [0.1, 0.15) is 0 Å². The van der Waals surface area contributed by atoms with Crippen molar-refractivity contribution in [3.05, 3.63) is 0 Å². The van der Waals surface area contributed by atoms with Gasteiger partial charge in [-0.05, 0) is 30.1 Å². The van der Waals surface area contributed by atoms with Crippen molar-refractivity contribution < 1.29 is 10.2 Å². The molecule has 2 atom stereocenters. The largest absolute Gasteiger partial charge is 0.392 e. The van der Waals surface area contributed by atoms with Crippen molar-refractivity contribution in [1.82, 2.24) is 0 Å². The van der Waals surface area contributed by atoms with Crippen molar-refractivity contribution in [2.24, 2.45) is 16.2 Å². The maximum Gasteiger partial charge on any atom is 0.0632 e. The molecular formula is C14H26O2. The summed E-state index contributed by atoms with van der Waals surface area (Å²) in [4.78, 5) is 0. The van der Waals surface area contributed by atoms with Gasteiger partial charge in [-0.25, -0.2) is 0 Å². The highest BCUT2D eigenvalue weighted by molar-refractivity contribution is 5.23. The Morgan fingerprint density at radius 1 is 1.12 bits per heavy atom. The fourth-order valence-corrected chi connectivity index (χ4v) is 4.10. The summed E-state index contributed by atoms with van der Waals surface area (Å²) in [5, 5.41) is 20.2. The molecule has 2 aliphatic carbocycles. The van der Waals surface area contributed by atoms with E-state index in [-0.39, 0.29) is 28.5 Å². The molecule has 0 saturated heterocycles. The van der Waals surface area contributed by atoms with E-state index in [2.05, 4.69) is 27.7 Å². The number of hydrogen-bond donors (Lipinski definition) is 2. The molecule has 2 unspecified atom stereocenters. The third-order valence-electron chi connectivity index (χ3n) is 6.03. The molecule has 16 heavy (non-hydrogen) atoms. The first-order chi connectivity index (χ1) is 7.33. The van der Waals surface area contributed by atoms with Gasteiger partial charge in [0.05, 0.1) is 12.2 Å². The van der Waals surface area contributed by atoms with Gasteiger partial charge >= 0.3 is 0 Å². The zero-order chi connectivity index (χ0) is 12.2. The summed E-state index contributed by atoms with van der Waals surface area (Å²) in [6.45, 7) is 8.96. The molecule has 0 amide bonds. The summed E-state index contributed by atoms with van der Waals surface area (Å²) in [5.74, 6) is 0. The third-order valence-corrected chi connectivity index (χ3v) is 6.03. The zero-order valence-corrected chi connectivity index (χ0v) is 11.1. The molecule has 0 aromatic rings. The normalized spacial score (nSPS) is 46.9. The van der Waals surface area contributed by atoms with Gasteiger partial charge in [0, 0.05) is 5.41 Å². The van der Waals surface area contributed by atoms with Gasteiger partial charge in [0.25, 0.3) is 0 Å². The van der Waals surface area contributed by atoms with Crippen LogP contribution >= 0.6 is 0 Å². The van der Waals surface area contributed by atoms with E-state index in [0.717, 1.165) is 32.1 Å². The van der Waals surface area contributed by atoms with Crippen molar-refractivity contribution in [3.8, 4) is 0 Å². The molecule has 0 spiro atoms. The van der Waals surface area contributed by atoms with Crippen LogP contribution in [0.5, 0.6) is 0 Å². The number of fused-ring (bicyclic) bond motifs is 1. The minimum atomic E-state index is -0.279. The lowest BCUT2D eigenvalue weighted by Gasteiger charge is -2.73. The molecule has 0 aromatic carbocycles. The highest BCUT2D eigenvalue weighted by Gasteiger charge is 2.74. The number of hydrogen-bond acceptors (Lipinski definition) is 2. The van der Waals surface area contributed by atoms with Crippen LogP contribution in [0.1, 0.15) is 59.8 Å². The summed E-state index contributed by atoms with van der Waals surface area (Å²) in [7, 11) is 0. The van der Waals surface area contributed by atoms with Gasteiger partial charge in [-0.2, -0.15) is 0 Å². The van der Waals surface area contributed by atoms with Crippen LogP contribution in [0, 0.1) is 16.2 Å². The van der Waals surface area contributed by atoms with Crippen molar-refractivity contribution in [3.63, 3.8) is 0 Å². The van der Waals surface area contributed by atoms with Crippen LogP contribution in [0.15, 0.2) is 0 Å². The zero-order valence-electron chi connectivity index (χ0n) is 11.1. The van der Waals surface area contributed by atoms with Crippen molar-refractivity contribution in [2.75, 3.05) is 0 Å². The number of aliphatic hydroxyl groups excluding tert-OH is 2. The molecule has 0 bridgehead atoms. The first-order valence-electron chi connectivity index (χ1n) is 6.70. The van der Waals surface area contributed by atoms with Gasteiger partial charge in [-0.1, -0.05) is 40.5 Å². The molecule has 0 aliphatic heterocycles. The van der Waals surface area contributed by atoms with Crippen LogP contribution in [0.3, 0.4) is 0 Å². The molecule has 2 aliphatic rings. The van der Waals surface area contributed by atoms with Crippen molar-refractivity contribution in [2.45, 2.75) is 72.0 Å². The van der Waals surface area contributed by atoms with Crippen LogP contribution in [0.25, 0.3) is 0 Å². The molecule has 2 saturated carbocycles. The Bertz CT molecular complexity index is 268. The Balaban J connectivity index is 2.19. The van der Waals surface area contributed by atoms with E-state index < -0.39 is 0 Å². The van der Waals surface area contributed by atoms with Crippen LogP contribution in [0.4, 0.5) is 0 Å². The molecule has 2 heteroatoms. The lowest BCUT2D eigenvalue weighted by molar-refractivity contribution is -0.327. The van der Waals surface area contributed by atoms with E-state index >= 15 is 0 Å². The van der Waals surface area contributed by atoms with Crippen LogP contribution in [-0.2, 0) is 0 Å². The summed E-state index contributed by atoms with van der Waals surface area (Å²) < 4.78 is 0. The molecule has 2 nitrogen and oxygen atoms in total. The van der Waals surface area contributed by atoms with Gasteiger partial charge in [-0.3, -0.25) is 0 Å². The van der Waals surface area contributed by atoms with E-state index in [1.54, 1.807) is 0 Å². The highest BCUT2D eigenvalue weighted by atomic mass is 16.3. The van der Waals surface area contributed by atoms with Gasteiger partial charge in [-0.15, -0.1) is 0 Å². The average molecular weight is 226 g/mol. The van der Waals surface area contributed by atoms with E-state index in [1.807, 2.05) is 0 Å². The maximum atomic E-state index is 10.1. The van der Waals surface area contributed by atoms with Crippen molar-refractivity contribution >= 4 is 0 Å². The lowest BCUT2D eigenvalue weighted by Crippen LogP contribution is -2.75. The summed E-state index contributed by atoms with van der Waals surface area (Å²) in [5.41, 5.74) is 0.287. The molecule has 0 aromatic heterocycles. The van der Waals surface area contributed by atoms with Crippen LogP contribution in [0.2, 0.25) is 0 Å². The molecule has 0 radical (unpaired) electrons. The minimum Gasteiger partial charge on any atom is -0.392 e. The average Bonchev–Trinajstić information content (AvgIpc) is 2.25. The van der Waals surface area contributed by atoms with E-state index in [4.69, 9.17) is 0 Å². The Kier molecular flexibility index (Phi) is 2.67. The Morgan fingerprint density at radius 3 is 1.81 bits per heavy atom. The highest BCUT2D eigenvalue weighted by Crippen LogP contribution is 2.73. The number of rotatable bonds is 4. The summed E-state index contributed by atoms with van der Waals surface area (Å²) in [6.07, 6.45) is 4.44. The maximum absolute atomic E-state index is 10.1. The molecule has 94 valence electrons. The summed E-state index contributed by atoms with van der Waals surface area (Å²) in [6, 6.07) is 0. The number of aliphatic hydroxyl groups is 2. The quantitative estimate of drug-likeness (QED) is 0.774. The molecule has 2 fully saturated rings. The fraction of sp³-hybridized carbons (Fsp3) is 1.00. The minimum absolute atomic E-state index is 0.187. The van der Waals surface area contributed by atoms with Gasteiger partial charge in [0.15, 0.2) is 0 Å². The van der Waals surface area contributed by atoms with Crippen LogP contribution in [-0.4, -0.2) is 22.4 Å². The van der Waals surface area contributed by atoms with Crippen molar-refractivity contribution in [1.29, 1.82) is 0 Å². The standard InChI is InChI=1S/C14H26O2/c1-5-12(3,6-2)9-14-10(15)7-13(14,4)8-11(14)16/h10-11,15-16H,5-9H2,1-4H3. The predicted molar refractivity (Wildman–Crippen MR) is 65.1 cm³/mol. The Morgan fingerprint density at radius 2 is 1.56 bits per heavy atom. The van der Waals surface area contributed by atoms with E-state index in [0.29, 0.717) is 0 Å². The van der Waals surface area contributed by atoms with E-state index in [1.165, 1.54) is 0 Å². The van der Waals surface area contributed by atoms with Gasteiger partial charge in [0.2, 0.25) is 0 Å². The first kappa shape index (κ1) is 12.4. The van der Waals surface area contributed by atoms with E-state index in [9.17, 15) is 10.2 Å². The second kappa shape index (κ2) is 3.46. The fourth-order valence-electron chi connectivity index (χ4n) is 4.10. The SMILES string of the molecule is CCC(C)(CC)CC12C(O)CC1(C)CC2O. The summed E-state index contributed by atoms with van der Waals surface area (Å²) >= 11 is 0. The smallest absolute Gasteiger partial charge is 0.0632 e. The topological polar surface area (TPSA) is 40.5 Å². The third kappa shape index (κ3) is 1.26. The molecule has 0 heterocycles. The second-order valence-corrected chi connectivity index (χ2v) is 6.74. The Hall–Kier alpha value is -0.0800. The second-order valence-electron chi connectivity index (χ2n) is 6.74. The Labute approximate surface area is 99.1 Å². The molecular weight excluding hydrogens is 200 g/mol. The van der Waals surface area contributed by atoms with Crippen LogP contribution < -0.4 is 0 Å². The molecule has 2 rings (SSSR count). The van der Waals surface area contributed by atoms with Gasteiger partial charge < -0.3 is 10.2 Å². The first-order valence-corrected chi connectivity index (χ1v) is 6.70. The molecule has 2 N–H and O–H groups in total. The predicted octanol–water partition coefficient (Wildman–Crippen LogP) is 2.72. The monoisotopic (exact) mass is 226 g/mol. The lowest BCUT2D eigenvalue weighted by atomic mass is 9.33.